The molecule has 0 saturated carbocycles. The number of urea groups is 1. The minimum Gasteiger partial charge on any atom is -0.475 e. The van der Waals surface area contributed by atoms with Crippen LogP contribution in [0.1, 0.15) is 29.7 Å². The third-order valence-corrected chi connectivity index (χ3v) is 4.53. The molecule has 2 amide bonds. The van der Waals surface area contributed by atoms with Crippen LogP contribution in [-0.4, -0.2) is 70.0 Å². The van der Waals surface area contributed by atoms with E-state index in [1.165, 1.54) is 5.69 Å². The number of fused-ring (bicyclic) bond motifs is 1. The SMILES string of the molecule is Cc1ccc(CN2Cc3ccnn3C(CCNC(=O)N(C)C)C2)o1.O=C(O)C(F)(F)F. The quantitative estimate of drug-likeness (QED) is 0.734. The van der Waals surface area contributed by atoms with Gasteiger partial charge in [0.1, 0.15) is 11.5 Å². The van der Waals surface area contributed by atoms with Crippen molar-refractivity contribution in [2.24, 2.45) is 0 Å². The molecule has 0 saturated heterocycles. The highest BCUT2D eigenvalue weighted by atomic mass is 19.4. The molecule has 1 aliphatic rings. The summed E-state index contributed by atoms with van der Waals surface area (Å²) in [7, 11) is 3.49. The topological polar surface area (TPSA) is 104 Å². The van der Waals surface area contributed by atoms with Gasteiger partial charge in [0.05, 0.1) is 18.3 Å². The standard InChI is InChI=1S/C17H25N5O2.C2HF3O2/c1-13-4-5-16(24-13)12-21-10-14(6-8-18-17(23)20(2)3)22-15(11-21)7-9-19-22;3-2(4,5)1(6)7/h4-5,7,9,14H,6,8,10-12H2,1-3H3,(H,18,23);(H,6,7). The minimum atomic E-state index is -5.08. The van der Waals surface area contributed by atoms with Gasteiger partial charge in [-0.25, -0.2) is 9.59 Å². The van der Waals surface area contributed by atoms with E-state index >= 15 is 0 Å². The van der Waals surface area contributed by atoms with Gasteiger partial charge in [0.25, 0.3) is 0 Å². The summed E-state index contributed by atoms with van der Waals surface area (Å²) >= 11 is 0. The molecule has 1 unspecified atom stereocenters. The number of aryl methyl sites for hydroxylation is 1. The van der Waals surface area contributed by atoms with E-state index < -0.39 is 12.1 Å². The number of aromatic nitrogens is 2. The van der Waals surface area contributed by atoms with Gasteiger partial charge >= 0.3 is 18.2 Å². The Hall–Kier alpha value is -3.02. The number of carboxylic acid groups (broad SMARTS) is 1. The number of carbonyl (C=O) groups is 2. The monoisotopic (exact) mass is 445 g/mol. The number of carbonyl (C=O) groups excluding carboxylic acids is 1. The highest BCUT2D eigenvalue weighted by molar-refractivity contribution is 5.73. The zero-order chi connectivity index (χ0) is 23.2. The van der Waals surface area contributed by atoms with Crippen LogP contribution in [0.4, 0.5) is 18.0 Å². The maximum Gasteiger partial charge on any atom is 0.490 e. The molecular weight excluding hydrogens is 419 g/mol. The van der Waals surface area contributed by atoms with E-state index in [9.17, 15) is 18.0 Å². The first-order valence-corrected chi connectivity index (χ1v) is 9.52. The molecule has 9 nitrogen and oxygen atoms in total. The van der Waals surface area contributed by atoms with E-state index in [1.807, 2.05) is 25.3 Å². The molecule has 31 heavy (non-hydrogen) atoms. The number of rotatable bonds is 5. The number of hydrogen-bond acceptors (Lipinski definition) is 5. The molecule has 0 aliphatic carbocycles. The molecule has 1 aliphatic heterocycles. The fourth-order valence-electron chi connectivity index (χ4n) is 3.09. The molecule has 172 valence electrons. The van der Waals surface area contributed by atoms with Gasteiger partial charge in [-0.2, -0.15) is 18.3 Å². The molecule has 2 aromatic rings. The lowest BCUT2D eigenvalue weighted by Gasteiger charge is -2.33. The zero-order valence-corrected chi connectivity index (χ0v) is 17.5. The Bertz CT molecular complexity index is 878. The number of alkyl halides is 3. The third kappa shape index (κ3) is 7.31. The lowest BCUT2D eigenvalue weighted by molar-refractivity contribution is -0.192. The number of carboxylic acids is 1. The average molecular weight is 445 g/mol. The zero-order valence-electron chi connectivity index (χ0n) is 17.5. The number of nitrogens with zero attached hydrogens (tertiary/aromatic N) is 4. The van der Waals surface area contributed by atoms with Crippen molar-refractivity contribution in [1.82, 2.24) is 24.9 Å². The van der Waals surface area contributed by atoms with E-state index in [0.29, 0.717) is 6.54 Å². The van der Waals surface area contributed by atoms with Crippen molar-refractivity contribution in [3.63, 3.8) is 0 Å². The Kier molecular flexibility index (Phi) is 8.08. The van der Waals surface area contributed by atoms with Crippen molar-refractivity contribution in [2.45, 2.75) is 38.7 Å². The molecule has 1 atom stereocenters. The fraction of sp³-hybridized carbons (Fsp3) is 0.526. The predicted molar refractivity (Wildman–Crippen MR) is 104 cm³/mol. The van der Waals surface area contributed by atoms with Gasteiger partial charge in [-0.15, -0.1) is 0 Å². The maximum absolute atomic E-state index is 11.7. The Morgan fingerprint density at radius 1 is 1.32 bits per heavy atom. The highest BCUT2D eigenvalue weighted by Gasteiger charge is 2.38. The van der Waals surface area contributed by atoms with Gasteiger partial charge in [0.2, 0.25) is 0 Å². The van der Waals surface area contributed by atoms with Crippen molar-refractivity contribution >= 4 is 12.0 Å². The summed E-state index contributed by atoms with van der Waals surface area (Å²) in [4.78, 5) is 24.5. The number of amides is 2. The van der Waals surface area contributed by atoms with Crippen molar-refractivity contribution in [3.05, 3.63) is 41.6 Å². The van der Waals surface area contributed by atoms with Crippen LogP contribution in [0.25, 0.3) is 0 Å². The van der Waals surface area contributed by atoms with Gasteiger partial charge in [-0.3, -0.25) is 9.58 Å². The molecular formula is C19H26F3N5O4. The largest absolute Gasteiger partial charge is 0.490 e. The van der Waals surface area contributed by atoms with Crippen LogP contribution in [0, 0.1) is 6.92 Å². The van der Waals surface area contributed by atoms with Crippen LogP contribution in [0.5, 0.6) is 0 Å². The first kappa shape index (κ1) is 24.3. The van der Waals surface area contributed by atoms with Crippen LogP contribution >= 0.6 is 0 Å². The summed E-state index contributed by atoms with van der Waals surface area (Å²) in [6.07, 6.45) is -2.39. The second kappa shape index (κ2) is 10.3. The third-order valence-electron chi connectivity index (χ3n) is 4.53. The summed E-state index contributed by atoms with van der Waals surface area (Å²) in [6.45, 7) is 5.14. The molecule has 0 radical (unpaired) electrons. The molecule has 3 heterocycles. The predicted octanol–water partition coefficient (Wildman–Crippen LogP) is 2.64. The van der Waals surface area contributed by atoms with Crippen LogP contribution < -0.4 is 5.32 Å². The molecule has 0 aromatic carbocycles. The van der Waals surface area contributed by atoms with Crippen molar-refractivity contribution in [3.8, 4) is 0 Å². The summed E-state index contributed by atoms with van der Waals surface area (Å²) in [6, 6.07) is 6.28. The first-order valence-electron chi connectivity index (χ1n) is 9.52. The van der Waals surface area contributed by atoms with E-state index in [4.69, 9.17) is 14.3 Å². The van der Waals surface area contributed by atoms with Gasteiger partial charge in [-0.1, -0.05) is 0 Å². The fourth-order valence-corrected chi connectivity index (χ4v) is 3.09. The number of halogens is 3. The number of nitrogens with one attached hydrogen (secondary N) is 1. The van der Waals surface area contributed by atoms with Gasteiger partial charge in [-0.05, 0) is 31.5 Å². The van der Waals surface area contributed by atoms with Crippen molar-refractivity contribution < 1.29 is 32.3 Å². The lowest BCUT2D eigenvalue weighted by Crippen LogP contribution is -2.40. The molecule has 3 rings (SSSR count). The Labute approximate surface area is 177 Å². The molecule has 0 bridgehead atoms. The van der Waals surface area contributed by atoms with Crippen LogP contribution in [0.2, 0.25) is 0 Å². The van der Waals surface area contributed by atoms with E-state index in [1.54, 1.807) is 19.0 Å². The molecule has 0 fully saturated rings. The Balaban J connectivity index is 0.000000423. The van der Waals surface area contributed by atoms with Gasteiger partial charge in [0, 0.05) is 39.9 Å². The summed E-state index contributed by atoms with van der Waals surface area (Å²) in [5.41, 5.74) is 1.20. The second-order valence-electron chi connectivity index (χ2n) is 7.32. The minimum absolute atomic E-state index is 0.0607. The molecule has 2 N–H and O–H groups in total. The Morgan fingerprint density at radius 3 is 2.55 bits per heavy atom. The Morgan fingerprint density at radius 2 is 2.00 bits per heavy atom. The van der Waals surface area contributed by atoms with Crippen molar-refractivity contribution in [1.29, 1.82) is 0 Å². The van der Waals surface area contributed by atoms with Crippen LogP contribution in [-0.2, 0) is 17.9 Å². The normalized spacial score (nSPS) is 16.1. The lowest BCUT2D eigenvalue weighted by atomic mass is 10.1. The molecule has 2 aromatic heterocycles. The van der Waals surface area contributed by atoms with E-state index in [-0.39, 0.29) is 12.1 Å². The van der Waals surface area contributed by atoms with Crippen molar-refractivity contribution in [2.75, 3.05) is 27.2 Å². The molecule has 0 spiro atoms. The number of aliphatic carboxylic acids is 1. The van der Waals surface area contributed by atoms with Gasteiger partial charge in [0.15, 0.2) is 0 Å². The first-order chi connectivity index (χ1) is 14.5. The molecule has 12 heteroatoms. The highest BCUT2D eigenvalue weighted by Crippen LogP contribution is 2.24. The second-order valence-corrected chi connectivity index (χ2v) is 7.32. The number of hydrogen-bond donors (Lipinski definition) is 2. The van der Waals surface area contributed by atoms with E-state index in [0.717, 1.165) is 37.6 Å². The van der Waals surface area contributed by atoms with Crippen LogP contribution in [0.15, 0.2) is 28.8 Å². The van der Waals surface area contributed by atoms with Crippen LogP contribution in [0.3, 0.4) is 0 Å². The maximum atomic E-state index is 11.7. The summed E-state index contributed by atoms with van der Waals surface area (Å²) in [5, 5.41) is 14.5. The average Bonchev–Trinajstić information content (AvgIpc) is 3.30. The summed E-state index contributed by atoms with van der Waals surface area (Å²) in [5.74, 6) is -0.831. The smallest absolute Gasteiger partial charge is 0.475 e. The van der Waals surface area contributed by atoms with Gasteiger partial charge < -0.3 is 19.7 Å². The van der Waals surface area contributed by atoms with E-state index in [2.05, 4.69) is 26.1 Å². The number of furan rings is 1. The summed E-state index contributed by atoms with van der Waals surface area (Å²) < 4.78 is 39.5.